The zero-order valence-electron chi connectivity index (χ0n) is 12.8. The summed E-state index contributed by atoms with van der Waals surface area (Å²) in [5.41, 5.74) is 3.39. The van der Waals surface area contributed by atoms with Gasteiger partial charge < -0.3 is 9.80 Å². The van der Waals surface area contributed by atoms with Crippen molar-refractivity contribution in [2.45, 2.75) is 20.3 Å². The summed E-state index contributed by atoms with van der Waals surface area (Å²) in [5.74, 6) is 0.877. The van der Waals surface area contributed by atoms with Gasteiger partial charge in [0.2, 0.25) is 5.95 Å². The van der Waals surface area contributed by atoms with Crippen LogP contribution >= 0.6 is 0 Å². The van der Waals surface area contributed by atoms with Gasteiger partial charge in [0, 0.05) is 43.3 Å². The molecule has 0 N–H and O–H groups in total. The molecule has 1 aromatic carbocycles. The lowest BCUT2D eigenvalue weighted by Gasteiger charge is -2.23. The molecule has 0 amide bonds. The Morgan fingerprint density at radius 2 is 1.43 bits per heavy atom. The molecule has 4 heteroatoms. The second-order valence-electron chi connectivity index (χ2n) is 5.61. The second kappa shape index (κ2) is 6.12. The predicted molar refractivity (Wildman–Crippen MR) is 87.0 cm³/mol. The molecule has 1 saturated heterocycles. The van der Waals surface area contributed by atoms with Crippen LogP contribution in [0.25, 0.3) is 0 Å². The molecule has 3 rings (SSSR count). The SMILES string of the molecule is Cc1cc(C)nc(N2CCCN(c3ccccc3)CC2)n1. The zero-order valence-corrected chi connectivity index (χ0v) is 12.8. The molecule has 21 heavy (non-hydrogen) atoms. The third-order valence-corrected chi connectivity index (χ3v) is 3.87. The summed E-state index contributed by atoms with van der Waals surface area (Å²) in [6.45, 7) is 8.16. The third kappa shape index (κ3) is 3.32. The topological polar surface area (TPSA) is 32.3 Å². The number of aryl methyl sites for hydroxylation is 2. The highest BCUT2D eigenvalue weighted by molar-refractivity contribution is 5.47. The molecule has 110 valence electrons. The largest absolute Gasteiger partial charge is 0.370 e. The van der Waals surface area contributed by atoms with E-state index in [0.717, 1.165) is 49.9 Å². The van der Waals surface area contributed by atoms with Gasteiger partial charge in [0.05, 0.1) is 0 Å². The minimum absolute atomic E-state index is 0.877. The van der Waals surface area contributed by atoms with Crippen molar-refractivity contribution in [3.8, 4) is 0 Å². The van der Waals surface area contributed by atoms with Crippen molar-refractivity contribution >= 4 is 11.6 Å². The Morgan fingerprint density at radius 3 is 2.14 bits per heavy atom. The van der Waals surface area contributed by atoms with E-state index in [1.54, 1.807) is 0 Å². The number of hydrogen-bond acceptors (Lipinski definition) is 4. The third-order valence-electron chi connectivity index (χ3n) is 3.87. The average molecular weight is 282 g/mol. The smallest absolute Gasteiger partial charge is 0.225 e. The van der Waals surface area contributed by atoms with Crippen LogP contribution in [0.4, 0.5) is 11.6 Å². The molecule has 2 heterocycles. The lowest BCUT2D eigenvalue weighted by molar-refractivity contribution is 0.775. The van der Waals surface area contributed by atoms with Gasteiger partial charge in [-0.25, -0.2) is 9.97 Å². The van der Waals surface area contributed by atoms with Crippen LogP contribution in [0.1, 0.15) is 17.8 Å². The maximum Gasteiger partial charge on any atom is 0.225 e. The van der Waals surface area contributed by atoms with E-state index in [1.807, 2.05) is 19.9 Å². The highest BCUT2D eigenvalue weighted by Gasteiger charge is 2.17. The summed E-state index contributed by atoms with van der Waals surface area (Å²) in [7, 11) is 0. The molecule has 0 unspecified atom stereocenters. The summed E-state index contributed by atoms with van der Waals surface area (Å²) in [6.07, 6.45) is 1.13. The summed E-state index contributed by atoms with van der Waals surface area (Å²) in [5, 5.41) is 0. The minimum atomic E-state index is 0.877. The van der Waals surface area contributed by atoms with Gasteiger partial charge >= 0.3 is 0 Å². The first-order valence-corrected chi connectivity index (χ1v) is 7.59. The predicted octanol–water partition coefficient (Wildman–Crippen LogP) is 2.81. The molecule has 0 saturated carbocycles. The number of anilines is 2. The fourth-order valence-electron chi connectivity index (χ4n) is 2.86. The quantitative estimate of drug-likeness (QED) is 0.848. The van der Waals surface area contributed by atoms with E-state index in [1.165, 1.54) is 5.69 Å². The monoisotopic (exact) mass is 282 g/mol. The first-order chi connectivity index (χ1) is 10.2. The van der Waals surface area contributed by atoms with Crippen LogP contribution in [-0.4, -0.2) is 36.1 Å². The second-order valence-corrected chi connectivity index (χ2v) is 5.61. The molecule has 1 aromatic heterocycles. The normalized spacial score (nSPS) is 15.9. The first-order valence-electron chi connectivity index (χ1n) is 7.59. The van der Waals surface area contributed by atoms with E-state index in [-0.39, 0.29) is 0 Å². The van der Waals surface area contributed by atoms with Crippen LogP contribution in [0.2, 0.25) is 0 Å². The van der Waals surface area contributed by atoms with Gasteiger partial charge in [0.25, 0.3) is 0 Å². The molecule has 0 radical (unpaired) electrons. The van der Waals surface area contributed by atoms with E-state index in [4.69, 9.17) is 0 Å². The highest BCUT2D eigenvalue weighted by atomic mass is 15.3. The molecule has 1 fully saturated rings. The van der Waals surface area contributed by atoms with Gasteiger partial charge in [-0.15, -0.1) is 0 Å². The van der Waals surface area contributed by atoms with E-state index in [0.29, 0.717) is 0 Å². The van der Waals surface area contributed by atoms with Crippen molar-refractivity contribution in [3.05, 3.63) is 47.8 Å². The number of aromatic nitrogens is 2. The maximum atomic E-state index is 4.59. The number of benzene rings is 1. The number of rotatable bonds is 2. The van der Waals surface area contributed by atoms with Gasteiger partial charge in [-0.1, -0.05) is 18.2 Å². The van der Waals surface area contributed by atoms with Crippen LogP contribution in [0, 0.1) is 13.8 Å². The molecule has 4 nitrogen and oxygen atoms in total. The van der Waals surface area contributed by atoms with Crippen LogP contribution < -0.4 is 9.80 Å². The van der Waals surface area contributed by atoms with Crippen LogP contribution in [0.5, 0.6) is 0 Å². The zero-order chi connectivity index (χ0) is 14.7. The van der Waals surface area contributed by atoms with Crippen molar-refractivity contribution in [2.24, 2.45) is 0 Å². The van der Waals surface area contributed by atoms with E-state index in [2.05, 4.69) is 50.1 Å². The maximum absolute atomic E-state index is 4.59. The summed E-state index contributed by atoms with van der Waals surface area (Å²) in [6, 6.07) is 12.7. The Kier molecular flexibility index (Phi) is 4.04. The fraction of sp³-hybridized carbons (Fsp3) is 0.412. The van der Waals surface area contributed by atoms with Crippen LogP contribution in [0.3, 0.4) is 0 Å². The lowest BCUT2D eigenvalue weighted by Crippen LogP contribution is -2.31. The van der Waals surface area contributed by atoms with Gasteiger partial charge in [-0.2, -0.15) is 0 Å². The summed E-state index contributed by atoms with van der Waals surface area (Å²) < 4.78 is 0. The van der Waals surface area contributed by atoms with Crippen molar-refractivity contribution in [1.82, 2.24) is 9.97 Å². The molecule has 1 aliphatic heterocycles. The van der Waals surface area contributed by atoms with Gasteiger partial charge in [-0.3, -0.25) is 0 Å². The highest BCUT2D eigenvalue weighted by Crippen LogP contribution is 2.18. The molecular weight excluding hydrogens is 260 g/mol. The standard InChI is InChI=1S/C17H22N4/c1-14-13-15(2)19-17(18-14)21-10-6-9-20(11-12-21)16-7-4-3-5-8-16/h3-5,7-8,13H,6,9-12H2,1-2H3. The van der Waals surface area contributed by atoms with Crippen molar-refractivity contribution < 1.29 is 0 Å². The molecule has 2 aromatic rings. The molecule has 1 aliphatic rings. The van der Waals surface area contributed by atoms with Gasteiger partial charge in [-0.05, 0) is 38.5 Å². The fourth-order valence-corrected chi connectivity index (χ4v) is 2.86. The van der Waals surface area contributed by atoms with Gasteiger partial charge in [0.15, 0.2) is 0 Å². The Balaban J connectivity index is 1.73. The van der Waals surface area contributed by atoms with Gasteiger partial charge in [0.1, 0.15) is 0 Å². The van der Waals surface area contributed by atoms with E-state index >= 15 is 0 Å². The van der Waals surface area contributed by atoms with Crippen molar-refractivity contribution in [3.63, 3.8) is 0 Å². The molecular formula is C17H22N4. The minimum Gasteiger partial charge on any atom is -0.370 e. The molecule has 0 atom stereocenters. The summed E-state index contributed by atoms with van der Waals surface area (Å²) in [4.78, 5) is 13.9. The molecule has 0 bridgehead atoms. The summed E-state index contributed by atoms with van der Waals surface area (Å²) >= 11 is 0. The van der Waals surface area contributed by atoms with E-state index < -0.39 is 0 Å². The Morgan fingerprint density at radius 1 is 0.810 bits per heavy atom. The number of hydrogen-bond donors (Lipinski definition) is 0. The Labute approximate surface area is 126 Å². The first kappa shape index (κ1) is 13.9. The Bertz CT molecular complexity index is 577. The molecule has 0 aliphatic carbocycles. The Hall–Kier alpha value is -2.10. The van der Waals surface area contributed by atoms with Crippen LogP contribution in [-0.2, 0) is 0 Å². The lowest BCUT2D eigenvalue weighted by atomic mass is 10.3. The van der Waals surface area contributed by atoms with Crippen molar-refractivity contribution in [2.75, 3.05) is 36.0 Å². The molecule has 0 spiro atoms. The average Bonchev–Trinajstić information content (AvgIpc) is 2.73. The number of para-hydroxylation sites is 1. The number of nitrogens with zero attached hydrogens (tertiary/aromatic N) is 4. The van der Waals surface area contributed by atoms with E-state index in [9.17, 15) is 0 Å². The van der Waals surface area contributed by atoms with Crippen LogP contribution in [0.15, 0.2) is 36.4 Å². The van der Waals surface area contributed by atoms with Crippen molar-refractivity contribution in [1.29, 1.82) is 0 Å².